The van der Waals surface area contributed by atoms with Gasteiger partial charge in [0, 0.05) is 13.0 Å². The van der Waals surface area contributed by atoms with Gasteiger partial charge in [-0.1, -0.05) is 20.3 Å². The summed E-state index contributed by atoms with van der Waals surface area (Å²) in [5.41, 5.74) is -0.827. The summed E-state index contributed by atoms with van der Waals surface area (Å²) in [6, 6.07) is 0. The summed E-state index contributed by atoms with van der Waals surface area (Å²) in [7, 11) is 0. The fourth-order valence-corrected chi connectivity index (χ4v) is 3.09. The summed E-state index contributed by atoms with van der Waals surface area (Å²) < 4.78 is 1.38. The van der Waals surface area contributed by atoms with Gasteiger partial charge in [-0.05, 0) is 18.3 Å². The summed E-state index contributed by atoms with van der Waals surface area (Å²) in [4.78, 5) is 22.2. The second-order valence-electron chi connectivity index (χ2n) is 6.49. The summed E-state index contributed by atoms with van der Waals surface area (Å²) in [6.45, 7) is 4.28. The molecule has 1 aromatic heterocycles. The molecule has 0 spiro atoms. The van der Waals surface area contributed by atoms with Gasteiger partial charge in [0.1, 0.15) is 12.4 Å². The van der Waals surface area contributed by atoms with Crippen LogP contribution in [0.3, 0.4) is 0 Å². The van der Waals surface area contributed by atoms with Gasteiger partial charge in [-0.25, -0.2) is 0 Å². The normalized spacial score (nSPS) is 23.4. The Morgan fingerprint density at radius 3 is 2.77 bits per heavy atom. The molecule has 1 heterocycles. The third kappa shape index (κ3) is 3.11. The van der Waals surface area contributed by atoms with E-state index in [1.807, 2.05) is 13.8 Å². The molecule has 1 aromatic rings. The first-order valence-corrected chi connectivity index (χ1v) is 7.38. The molecule has 1 atom stereocenters. The van der Waals surface area contributed by atoms with E-state index < -0.39 is 10.5 Å². The summed E-state index contributed by atoms with van der Waals surface area (Å²) in [6.07, 6.45) is 5.31. The number of aryl methyl sites for hydroxylation is 1. The monoisotopic (exact) mass is 310 g/mol. The van der Waals surface area contributed by atoms with E-state index in [9.17, 15) is 20.0 Å². The van der Waals surface area contributed by atoms with Crippen molar-refractivity contribution in [2.75, 3.05) is 6.61 Å². The van der Waals surface area contributed by atoms with E-state index in [-0.39, 0.29) is 36.6 Å². The van der Waals surface area contributed by atoms with Crippen molar-refractivity contribution >= 4 is 11.6 Å². The maximum Gasteiger partial charge on any atom is 0.306 e. The number of amides is 1. The van der Waals surface area contributed by atoms with Crippen molar-refractivity contribution < 1.29 is 14.8 Å². The van der Waals surface area contributed by atoms with E-state index in [4.69, 9.17) is 0 Å². The maximum absolute atomic E-state index is 12.2. The lowest BCUT2D eigenvalue weighted by Gasteiger charge is -2.41. The zero-order valence-corrected chi connectivity index (χ0v) is 12.9. The Morgan fingerprint density at radius 1 is 1.55 bits per heavy atom. The van der Waals surface area contributed by atoms with Gasteiger partial charge >= 0.3 is 5.69 Å². The number of nitro groups is 1. The molecule has 122 valence electrons. The molecule has 1 aliphatic rings. The third-order valence-electron chi connectivity index (χ3n) is 4.75. The molecule has 22 heavy (non-hydrogen) atoms. The van der Waals surface area contributed by atoms with E-state index in [2.05, 4.69) is 10.4 Å². The predicted octanol–water partition coefficient (Wildman–Crippen LogP) is 1.24. The Kier molecular flexibility index (Phi) is 4.50. The van der Waals surface area contributed by atoms with Crippen molar-refractivity contribution in [2.24, 2.45) is 5.41 Å². The van der Waals surface area contributed by atoms with Gasteiger partial charge in [0.2, 0.25) is 5.91 Å². The Hall–Kier alpha value is -1.96. The molecular weight excluding hydrogens is 288 g/mol. The first-order valence-electron chi connectivity index (χ1n) is 7.38. The standard InChI is InChI=1S/C14H22N4O4/c1-13(2)5-3-6-14(13,10-19)16-12(20)4-7-17-9-11(8-15-17)18(21)22/h8-9,19H,3-7,10H2,1-2H3,(H,16,20). The number of carbonyl (C=O) groups excluding carboxylic acids is 1. The van der Waals surface area contributed by atoms with Crippen molar-refractivity contribution in [1.82, 2.24) is 15.1 Å². The fourth-order valence-electron chi connectivity index (χ4n) is 3.09. The quantitative estimate of drug-likeness (QED) is 0.606. The summed E-state index contributed by atoms with van der Waals surface area (Å²) >= 11 is 0. The number of nitrogens with one attached hydrogen (secondary N) is 1. The minimum Gasteiger partial charge on any atom is -0.394 e. The molecule has 2 N–H and O–H groups in total. The third-order valence-corrected chi connectivity index (χ3v) is 4.75. The van der Waals surface area contributed by atoms with Gasteiger partial charge in [0.25, 0.3) is 0 Å². The van der Waals surface area contributed by atoms with E-state index in [1.54, 1.807) is 0 Å². The molecule has 1 amide bonds. The van der Waals surface area contributed by atoms with Crippen LogP contribution in [0.15, 0.2) is 12.4 Å². The number of aliphatic hydroxyl groups excluding tert-OH is 1. The van der Waals surface area contributed by atoms with E-state index in [0.29, 0.717) is 0 Å². The van der Waals surface area contributed by atoms with E-state index in [0.717, 1.165) is 25.5 Å². The summed E-state index contributed by atoms with van der Waals surface area (Å²) in [5, 5.41) is 27.1. The molecule has 1 saturated carbocycles. The van der Waals surface area contributed by atoms with Crippen molar-refractivity contribution in [2.45, 2.75) is 51.6 Å². The van der Waals surface area contributed by atoms with Gasteiger partial charge in [0.05, 0.1) is 17.1 Å². The molecular formula is C14H22N4O4. The van der Waals surface area contributed by atoms with Gasteiger partial charge < -0.3 is 10.4 Å². The van der Waals surface area contributed by atoms with Gasteiger partial charge in [-0.15, -0.1) is 0 Å². The highest BCUT2D eigenvalue weighted by Crippen LogP contribution is 2.45. The Morgan fingerprint density at radius 2 is 2.27 bits per heavy atom. The molecule has 0 radical (unpaired) electrons. The fraction of sp³-hybridized carbons (Fsp3) is 0.714. The molecule has 8 heteroatoms. The van der Waals surface area contributed by atoms with E-state index in [1.165, 1.54) is 10.9 Å². The first-order chi connectivity index (χ1) is 10.3. The van der Waals surface area contributed by atoms with Crippen LogP contribution in [0.5, 0.6) is 0 Å². The number of carbonyl (C=O) groups is 1. The Labute approximate surface area is 128 Å². The largest absolute Gasteiger partial charge is 0.394 e. The molecule has 1 unspecified atom stereocenters. The van der Waals surface area contributed by atoms with Crippen LogP contribution in [0.25, 0.3) is 0 Å². The van der Waals surface area contributed by atoms with Gasteiger partial charge in [-0.3, -0.25) is 19.6 Å². The summed E-state index contributed by atoms with van der Waals surface area (Å²) in [5.74, 6) is -0.179. The Bertz CT molecular complexity index is 569. The number of hydrogen-bond acceptors (Lipinski definition) is 5. The van der Waals surface area contributed by atoms with Gasteiger partial charge in [0.15, 0.2) is 0 Å². The van der Waals surface area contributed by atoms with Crippen LogP contribution in [0.2, 0.25) is 0 Å². The van der Waals surface area contributed by atoms with Crippen LogP contribution in [-0.4, -0.2) is 37.9 Å². The van der Waals surface area contributed by atoms with E-state index >= 15 is 0 Å². The van der Waals surface area contributed by atoms with Crippen LogP contribution in [0, 0.1) is 15.5 Å². The highest BCUT2D eigenvalue weighted by molar-refractivity contribution is 5.77. The number of rotatable bonds is 6. The van der Waals surface area contributed by atoms with Crippen molar-refractivity contribution in [1.29, 1.82) is 0 Å². The molecule has 0 saturated heterocycles. The zero-order chi connectivity index (χ0) is 16.4. The van der Waals surface area contributed by atoms with Crippen LogP contribution in [-0.2, 0) is 11.3 Å². The zero-order valence-electron chi connectivity index (χ0n) is 12.9. The molecule has 2 rings (SSSR count). The van der Waals surface area contributed by atoms with Crippen molar-refractivity contribution in [3.05, 3.63) is 22.5 Å². The minimum absolute atomic E-state index is 0.0843. The molecule has 8 nitrogen and oxygen atoms in total. The van der Waals surface area contributed by atoms with Gasteiger partial charge in [-0.2, -0.15) is 5.10 Å². The van der Waals surface area contributed by atoms with Crippen LogP contribution in [0.4, 0.5) is 5.69 Å². The maximum atomic E-state index is 12.2. The highest BCUT2D eigenvalue weighted by Gasteiger charge is 2.49. The van der Waals surface area contributed by atoms with Crippen molar-refractivity contribution in [3.63, 3.8) is 0 Å². The highest BCUT2D eigenvalue weighted by atomic mass is 16.6. The number of aromatic nitrogens is 2. The SMILES string of the molecule is CC1(C)CCCC1(CO)NC(=O)CCn1cc([N+](=O)[O-])cn1. The molecule has 1 aliphatic carbocycles. The van der Waals surface area contributed by atoms with Crippen LogP contribution >= 0.6 is 0 Å². The molecule has 0 aliphatic heterocycles. The lowest BCUT2D eigenvalue weighted by molar-refractivity contribution is -0.385. The number of hydrogen-bond donors (Lipinski definition) is 2. The topological polar surface area (TPSA) is 110 Å². The first kappa shape index (κ1) is 16.4. The second-order valence-corrected chi connectivity index (χ2v) is 6.49. The molecule has 1 fully saturated rings. The van der Waals surface area contributed by atoms with Crippen molar-refractivity contribution in [3.8, 4) is 0 Å². The lowest BCUT2D eigenvalue weighted by Crippen LogP contribution is -2.57. The minimum atomic E-state index is -0.583. The average molecular weight is 310 g/mol. The predicted molar refractivity (Wildman–Crippen MR) is 79.1 cm³/mol. The number of aliphatic hydroxyl groups is 1. The average Bonchev–Trinajstić information content (AvgIpc) is 3.02. The smallest absolute Gasteiger partial charge is 0.306 e. The lowest BCUT2D eigenvalue weighted by atomic mass is 9.75. The van der Waals surface area contributed by atoms with Crippen LogP contribution < -0.4 is 5.32 Å². The second kappa shape index (κ2) is 6.04. The molecule has 0 aromatic carbocycles. The van der Waals surface area contributed by atoms with Crippen LogP contribution in [0.1, 0.15) is 39.5 Å². The number of nitrogens with zero attached hydrogens (tertiary/aromatic N) is 3. The Balaban J connectivity index is 1.93. The molecule has 0 bridgehead atoms.